The number of aldehydes is 1. The second-order valence-corrected chi connectivity index (χ2v) is 1.81. The molecular weight excluding hydrogens is 134 g/mol. The number of carbonyl (C=O) groups is 1. The number of hydrogen-bond donors (Lipinski definition) is 1. The summed E-state index contributed by atoms with van der Waals surface area (Å²) in [5, 5.41) is 11.8. The molecule has 0 aliphatic rings. The Kier molecular flexibility index (Phi) is 2.17. The Hall–Kier alpha value is -1.16. The monoisotopic (exact) mass is 141 g/mol. The molecule has 1 rings (SSSR count). The lowest BCUT2D eigenvalue weighted by Gasteiger charge is -1.83. The fourth-order valence-electron chi connectivity index (χ4n) is 0.613. The van der Waals surface area contributed by atoms with Crippen molar-refractivity contribution in [2.45, 2.75) is 6.42 Å². The summed E-state index contributed by atoms with van der Waals surface area (Å²) >= 11 is 0. The van der Waals surface area contributed by atoms with Crippen molar-refractivity contribution in [1.82, 2.24) is 5.16 Å². The van der Waals surface area contributed by atoms with Gasteiger partial charge < -0.3 is 9.63 Å². The second kappa shape index (κ2) is 3.12. The summed E-state index contributed by atoms with van der Waals surface area (Å²) in [4.78, 5) is 10.0. The Labute approximate surface area is 57.4 Å². The fourth-order valence-corrected chi connectivity index (χ4v) is 0.613. The van der Waals surface area contributed by atoms with Crippen molar-refractivity contribution >= 4 is 6.29 Å². The van der Waals surface area contributed by atoms with E-state index in [1.54, 1.807) is 0 Å². The lowest BCUT2D eigenvalue weighted by atomic mass is 10.3. The minimum absolute atomic E-state index is 0.00743. The van der Waals surface area contributed by atoms with Crippen LogP contribution >= 0.6 is 0 Å². The number of aliphatic hydroxyl groups is 1. The third-order valence-electron chi connectivity index (χ3n) is 1.06. The van der Waals surface area contributed by atoms with Gasteiger partial charge in [0, 0.05) is 12.5 Å². The van der Waals surface area contributed by atoms with Gasteiger partial charge in [-0.3, -0.25) is 4.79 Å². The molecule has 0 radical (unpaired) electrons. The van der Waals surface area contributed by atoms with Gasteiger partial charge in [-0.05, 0) is 0 Å². The molecule has 0 bridgehead atoms. The summed E-state index contributed by atoms with van der Waals surface area (Å²) in [6, 6.07) is 1.50. The highest BCUT2D eigenvalue weighted by molar-refractivity contribution is 5.71. The van der Waals surface area contributed by atoms with Crippen molar-refractivity contribution in [3.05, 3.63) is 17.5 Å². The van der Waals surface area contributed by atoms with Crippen LogP contribution in [0.1, 0.15) is 16.2 Å². The molecule has 1 aromatic heterocycles. The van der Waals surface area contributed by atoms with Gasteiger partial charge in [-0.15, -0.1) is 0 Å². The van der Waals surface area contributed by atoms with Gasteiger partial charge in [0.2, 0.25) is 0 Å². The van der Waals surface area contributed by atoms with Gasteiger partial charge in [0.25, 0.3) is 0 Å². The largest absolute Gasteiger partial charge is 0.396 e. The zero-order valence-electron chi connectivity index (χ0n) is 5.28. The van der Waals surface area contributed by atoms with E-state index in [4.69, 9.17) is 5.11 Å². The van der Waals surface area contributed by atoms with Crippen LogP contribution in [0.4, 0.5) is 0 Å². The summed E-state index contributed by atoms with van der Waals surface area (Å²) in [5.74, 6) is 0.532. The summed E-state index contributed by atoms with van der Waals surface area (Å²) in [6.45, 7) is 0.00743. The first-order valence-corrected chi connectivity index (χ1v) is 2.88. The molecule has 1 heterocycles. The van der Waals surface area contributed by atoms with Crippen LogP contribution in [0.5, 0.6) is 0 Å². The predicted molar refractivity (Wildman–Crippen MR) is 32.7 cm³/mol. The van der Waals surface area contributed by atoms with Crippen molar-refractivity contribution in [1.29, 1.82) is 0 Å². The minimum Gasteiger partial charge on any atom is -0.396 e. The van der Waals surface area contributed by atoms with Crippen molar-refractivity contribution in [2.75, 3.05) is 6.61 Å². The molecule has 0 atom stereocenters. The first-order chi connectivity index (χ1) is 4.86. The molecule has 0 unspecified atom stereocenters. The smallest absolute Gasteiger partial charge is 0.171 e. The predicted octanol–water partition coefficient (Wildman–Crippen LogP) is 0.0219. The minimum atomic E-state index is 0.00743. The van der Waals surface area contributed by atoms with Crippen LogP contribution in [0.3, 0.4) is 0 Å². The quantitative estimate of drug-likeness (QED) is 0.603. The molecule has 0 saturated carbocycles. The summed E-state index contributed by atoms with van der Waals surface area (Å²) < 4.78 is 4.65. The first-order valence-electron chi connectivity index (χ1n) is 2.88. The standard InChI is InChI=1S/C6H7NO3/c8-2-1-6-3-5(4-9)7-10-6/h3-4,8H,1-2H2. The lowest BCUT2D eigenvalue weighted by Crippen LogP contribution is -1.86. The number of aromatic nitrogens is 1. The van der Waals surface area contributed by atoms with Crippen LogP contribution in [-0.2, 0) is 6.42 Å². The number of rotatable bonds is 3. The van der Waals surface area contributed by atoms with Crippen molar-refractivity contribution in [3.63, 3.8) is 0 Å². The Morgan fingerprint density at radius 3 is 3.10 bits per heavy atom. The number of hydrogen-bond acceptors (Lipinski definition) is 4. The molecule has 0 aliphatic carbocycles. The van der Waals surface area contributed by atoms with Crippen molar-refractivity contribution < 1.29 is 14.4 Å². The molecule has 1 N–H and O–H groups in total. The Morgan fingerprint density at radius 2 is 2.60 bits per heavy atom. The number of nitrogens with zero attached hydrogens (tertiary/aromatic N) is 1. The maximum atomic E-state index is 10.0. The van der Waals surface area contributed by atoms with Crippen LogP contribution in [0.15, 0.2) is 10.6 Å². The van der Waals surface area contributed by atoms with Gasteiger partial charge in [-0.1, -0.05) is 5.16 Å². The SMILES string of the molecule is O=Cc1cc(CCO)on1. The van der Waals surface area contributed by atoms with Crippen LogP contribution in [0.25, 0.3) is 0 Å². The van der Waals surface area contributed by atoms with Gasteiger partial charge >= 0.3 is 0 Å². The van der Waals surface area contributed by atoms with Gasteiger partial charge in [0.05, 0.1) is 6.61 Å². The molecule has 0 saturated heterocycles. The van der Waals surface area contributed by atoms with E-state index in [1.165, 1.54) is 6.07 Å². The Morgan fingerprint density at radius 1 is 1.80 bits per heavy atom. The number of carbonyl (C=O) groups excluding carboxylic acids is 1. The van der Waals surface area contributed by atoms with Crippen molar-refractivity contribution in [2.24, 2.45) is 0 Å². The second-order valence-electron chi connectivity index (χ2n) is 1.81. The molecule has 4 nitrogen and oxygen atoms in total. The van der Waals surface area contributed by atoms with E-state index in [2.05, 4.69) is 9.68 Å². The highest BCUT2D eigenvalue weighted by atomic mass is 16.5. The maximum Gasteiger partial charge on any atom is 0.171 e. The molecule has 0 spiro atoms. The van der Waals surface area contributed by atoms with E-state index in [9.17, 15) is 4.79 Å². The van der Waals surface area contributed by atoms with Crippen LogP contribution in [0, 0.1) is 0 Å². The molecule has 0 aliphatic heterocycles. The van der Waals surface area contributed by atoms with Crippen LogP contribution in [0.2, 0.25) is 0 Å². The molecular formula is C6H7NO3. The van der Waals surface area contributed by atoms with Gasteiger partial charge in [0.1, 0.15) is 11.5 Å². The van der Waals surface area contributed by atoms with Gasteiger partial charge in [-0.2, -0.15) is 0 Å². The molecule has 54 valence electrons. The van der Waals surface area contributed by atoms with E-state index >= 15 is 0 Å². The number of aliphatic hydroxyl groups excluding tert-OH is 1. The highest BCUT2D eigenvalue weighted by Gasteiger charge is 2.00. The molecule has 10 heavy (non-hydrogen) atoms. The summed E-state index contributed by atoms with van der Waals surface area (Å²) in [5.41, 5.74) is 0.267. The topological polar surface area (TPSA) is 63.3 Å². The van der Waals surface area contributed by atoms with E-state index in [0.717, 1.165) is 0 Å². The average Bonchev–Trinajstić information content (AvgIpc) is 2.37. The van der Waals surface area contributed by atoms with E-state index in [-0.39, 0.29) is 12.3 Å². The molecule has 4 heteroatoms. The fraction of sp³-hybridized carbons (Fsp3) is 0.333. The summed E-state index contributed by atoms with van der Waals surface area (Å²) in [6.07, 6.45) is 1.01. The summed E-state index contributed by atoms with van der Waals surface area (Å²) in [7, 11) is 0. The van der Waals surface area contributed by atoms with Crippen molar-refractivity contribution in [3.8, 4) is 0 Å². The van der Waals surface area contributed by atoms with E-state index in [0.29, 0.717) is 18.5 Å². The molecule has 1 aromatic rings. The van der Waals surface area contributed by atoms with E-state index in [1.807, 2.05) is 0 Å². The van der Waals surface area contributed by atoms with Gasteiger partial charge in [-0.25, -0.2) is 0 Å². The molecule has 0 amide bonds. The van der Waals surface area contributed by atoms with E-state index < -0.39 is 0 Å². The molecule has 0 fully saturated rings. The third-order valence-corrected chi connectivity index (χ3v) is 1.06. The third kappa shape index (κ3) is 1.41. The first kappa shape index (κ1) is 6.95. The Bertz CT molecular complexity index is 219. The zero-order chi connectivity index (χ0) is 7.40. The normalized spacial score (nSPS) is 9.70. The highest BCUT2D eigenvalue weighted by Crippen LogP contribution is 2.00. The van der Waals surface area contributed by atoms with Crippen LogP contribution < -0.4 is 0 Å². The maximum absolute atomic E-state index is 10.0. The van der Waals surface area contributed by atoms with Crippen LogP contribution in [-0.4, -0.2) is 23.2 Å². The Balaban J connectivity index is 2.68. The lowest BCUT2D eigenvalue weighted by molar-refractivity contribution is 0.111. The van der Waals surface area contributed by atoms with Gasteiger partial charge in [0.15, 0.2) is 6.29 Å². The molecule has 0 aromatic carbocycles. The zero-order valence-corrected chi connectivity index (χ0v) is 5.28. The average molecular weight is 141 g/mol.